The largest absolute Gasteiger partial charge is 0.240 e. The van der Waals surface area contributed by atoms with Crippen LogP contribution in [0.2, 0.25) is 5.02 Å². The summed E-state index contributed by atoms with van der Waals surface area (Å²) in [5, 5.41) is 0.660. The fourth-order valence-corrected chi connectivity index (χ4v) is 0.975. The molecule has 3 heteroatoms. The zero-order valence-corrected chi connectivity index (χ0v) is 6.81. The molecule has 1 heterocycles. The number of hydrogen-bond acceptors (Lipinski definition) is 2. The lowest BCUT2D eigenvalue weighted by molar-refractivity contribution is 0.949. The molecule has 0 saturated heterocycles. The smallest absolute Gasteiger partial charge is 0.125 e. The summed E-state index contributed by atoms with van der Waals surface area (Å²) in [6.45, 7) is 3.88. The molecule has 0 spiro atoms. The highest BCUT2D eigenvalue weighted by molar-refractivity contribution is 6.31. The van der Waals surface area contributed by atoms with Crippen molar-refractivity contribution >= 4 is 11.6 Å². The van der Waals surface area contributed by atoms with Crippen LogP contribution in [0.1, 0.15) is 18.4 Å². The minimum absolute atomic E-state index is 0.660. The van der Waals surface area contributed by atoms with Crippen LogP contribution < -0.4 is 0 Å². The lowest BCUT2D eigenvalue weighted by Crippen LogP contribution is -1.93. The molecule has 0 unspecified atom stereocenters. The zero-order chi connectivity index (χ0) is 7.56. The molecule has 0 amide bonds. The summed E-state index contributed by atoms with van der Waals surface area (Å²) in [5.74, 6) is 0.779. The zero-order valence-electron chi connectivity index (χ0n) is 6.06. The lowest BCUT2D eigenvalue weighted by Gasteiger charge is -1.98. The van der Waals surface area contributed by atoms with E-state index in [9.17, 15) is 0 Å². The average molecular weight is 157 g/mol. The molecule has 2 nitrogen and oxygen atoms in total. The molecule has 0 aromatic carbocycles. The standard InChI is InChI=1S/C7H9ClN2/c1-3-7-6(8)4-9-5(2)10-7/h4H,3H2,1-2H3. The van der Waals surface area contributed by atoms with Crippen LogP contribution in [-0.4, -0.2) is 9.97 Å². The number of aryl methyl sites for hydroxylation is 2. The van der Waals surface area contributed by atoms with Gasteiger partial charge in [-0.25, -0.2) is 9.97 Å². The van der Waals surface area contributed by atoms with E-state index in [1.807, 2.05) is 13.8 Å². The van der Waals surface area contributed by atoms with Gasteiger partial charge in [-0.05, 0) is 13.3 Å². The fraction of sp³-hybridized carbons (Fsp3) is 0.429. The van der Waals surface area contributed by atoms with E-state index in [1.165, 1.54) is 0 Å². The summed E-state index contributed by atoms with van der Waals surface area (Å²) in [6, 6.07) is 0. The Morgan fingerprint density at radius 2 is 2.30 bits per heavy atom. The van der Waals surface area contributed by atoms with Gasteiger partial charge in [0, 0.05) is 6.20 Å². The Labute approximate surface area is 65.3 Å². The minimum Gasteiger partial charge on any atom is -0.240 e. The molecule has 0 aliphatic heterocycles. The van der Waals surface area contributed by atoms with Crippen LogP contribution in [0.3, 0.4) is 0 Å². The highest BCUT2D eigenvalue weighted by Crippen LogP contribution is 2.11. The summed E-state index contributed by atoms with van der Waals surface area (Å²) in [7, 11) is 0. The van der Waals surface area contributed by atoms with Gasteiger partial charge >= 0.3 is 0 Å². The number of aromatic nitrogens is 2. The van der Waals surface area contributed by atoms with Crippen molar-refractivity contribution in [1.29, 1.82) is 0 Å². The number of halogens is 1. The first kappa shape index (κ1) is 7.48. The van der Waals surface area contributed by atoms with E-state index in [2.05, 4.69) is 9.97 Å². The summed E-state index contributed by atoms with van der Waals surface area (Å²) in [4.78, 5) is 8.09. The van der Waals surface area contributed by atoms with Crippen LogP contribution in [0.25, 0.3) is 0 Å². The van der Waals surface area contributed by atoms with Gasteiger partial charge in [-0.1, -0.05) is 18.5 Å². The molecule has 54 valence electrons. The third-order valence-electron chi connectivity index (χ3n) is 1.27. The summed E-state index contributed by atoms with van der Waals surface area (Å²) in [6.07, 6.45) is 2.50. The molecule has 0 N–H and O–H groups in total. The van der Waals surface area contributed by atoms with Crippen LogP contribution in [0, 0.1) is 6.92 Å². The normalized spacial score (nSPS) is 9.90. The third kappa shape index (κ3) is 1.45. The molecular formula is C7H9ClN2. The van der Waals surface area contributed by atoms with E-state index >= 15 is 0 Å². The molecule has 0 fully saturated rings. The second-order valence-corrected chi connectivity index (χ2v) is 2.47. The molecule has 10 heavy (non-hydrogen) atoms. The molecule has 1 aromatic rings. The number of nitrogens with zero attached hydrogens (tertiary/aromatic N) is 2. The maximum absolute atomic E-state index is 5.77. The van der Waals surface area contributed by atoms with E-state index in [1.54, 1.807) is 6.20 Å². The third-order valence-corrected chi connectivity index (χ3v) is 1.59. The van der Waals surface area contributed by atoms with E-state index in [-0.39, 0.29) is 0 Å². The number of rotatable bonds is 1. The second-order valence-electron chi connectivity index (χ2n) is 2.07. The predicted octanol–water partition coefficient (Wildman–Crippen LogP) is 2.00. The average Bonchev–Trinajstić information content (AvgIpc) is 1.94. The predicted molar refractivity (Wildman–Crippen MR) is 41.2 cm³/mol. The SMILES string of the molecule is CCc1nc(C)ncc1Cl. The van der Waals surface area contributed by atoms with Crippen molar-refractivity contribution in [2.45, 2.75) is 20.3 Å². The molecule has 1 aromatic heterocycles. The van der Waals surface area contributed by atoms with Gasteiger partial charge in [0.15, 0.2) is 0 Å². The molecule has 0 aliphatic carbocycles. The first-order chi connectivity index (χ1) is 4.74. The Morgan fingerprint density at radius 3 is 2.80 bits per heavy atom. The van der Waals surface area contributed by atoms with Crippen molar-refractivity contribution in [3.8, 4) is 0 Å². The Balaban J connectivity index is 3.09. The highest BCUT2D eigenvalue weighted by Gasteiger charge is 1.98. The van der Waals surface area contributed by atoms with Crippen molar-refractivity contribution in [3.63, 3.8) is 0 Å². The Hall–Kier alpha value is -0.630. The Morgan fingerprint density at radius 1 is 1.60 bits per heavy atom. The maximum atomic E-state index is 5.77. The van der Waals surface area contributed by atoms with Crippen LogP contribution in [-0.2, 0) is 6.42 Å². The van der Waals surface area contributed by atoms with Crippen LogP contribution >= 0.6 is 11.6 Å². The molecule has 0 aliphatic rings. The highest BCUT2D eigenvalue weighted by atomic mass is 35.5. The summed E-state index contributed by atoms with van der Waals surface area (Å²) >= 11 is 5.77. The molecule has 0 atom stereocenters. The van der Waals surface area contributed by atoms with E-state index in [0.29, 0.717) is 5.02 Å². The van der Waals surface area contributed by atoms with Crippen molar-refractivity contribution < 1.29 is 0 Å². The molecule has 0 radical (unpaired) electrons. The monoisotopic (exact) mass is 156 g/mol. The second kappa shape index (κ2) is 2.97. The minimum atomic E-state index is 0.660. The quantitative estimate of drug-likeness (QED) is 0.622. The molecule has 0 bridgehead atoms. The van der Waals surface area contributed by atoms with Gasteiger partial charge in [0.05, 0.1) is 10.7 Å². The van der Waals surface area contributed by atoms with Gasteiger partial charge in [-0.2, -0.15) is 0 Å². The first-order valence-corrected chi connectivity index (χ1v) is 3.60. The van der Waals surface area contributed by atoms with Crippen molar-refractivity contribution in [1.82, 2.24) is 9.97 Å². The maximum Gasteiger partial charge on any atom is 0.125 e. The first-order valence-electron chi connectivity index (χ1n) is 3.22. The van der Waals surface area contributed by atoms with Gasteiger partial charge < -0.3 is 0 Å². The van der Waals surface area contributed by atoms with E-state index in [0.717, 1.165) is 17.9 Å². The molecular weight excluding hydrogens is 148 g/mol. The van der Waals surface area contributed by atoms with Crippen LogP contribution in [0.5, 0.6) is 0 Å². The van der Waals surface area contributed by atoms with Crippen molar-refractivity contribution in [2.24, 2.45) is 0 Å². The topological polar surface area (TPSA) is 25.8 Å². The van der Waals surface area contributed by atoms with Gasteiger partial charge in [0.25, 0.3) is 0 Å². The fourth-order valence-electron chi connectivity index (χ4n) is 0.750. The van der Waals surface area contributed by atoms with E-state index in [4.69, 9.17) is 11.6 Å². The van der Waals surface area contributed by atoms with Crippen molar-refractivity contribution in [2.75, 3.05) is 0 Å². The number of hydrogen-bond donors (Lipinski definition) is 0. The van der Waals surface area contributed by atoms with Gasteiger partial charge in [-0.3, -0.25) is 0 Å². The lowest BCUT2D eigenvalue weighted by atomic mass is 10.3. The van der Waals surface area contributed by atoms with Gasteiger partial charge in [0.2, 0.25) is 0 Å². The Bertz CT molecular complexity index is 235. The van der Waals surface area contributed by atoms with Crippen LogP contribution in [0.4, 0.5) is 0 Å². The van der Waals surface area contributed by atoms with Gasteiger partial charge in [0.1, 0.15) is 5.82 Å². The summed E-state index contributed by atoms with van der Waals surface area (Å²) < 4.78 is 0. The molecule has 1 rings (SSSR count). The summed E-state index contributed by atoms with van der Waals surface area (Å²) in [5.41, 5.74) is 0.925. The van der Waals surface area contributed by atoms with Crippen LogP contribution in [0.15, 0.2) is 6.20 Å². The van der Waals surface area contributed by atoms with Crippen molar-refractivity contribution in [3.05, 3.63) is 22.7 Å². The van der Waals surface area contributed by atoms with Gasteiger partial charge in [-0.15, -0.1) is 0 Å². The molecule has 0 saturated carbocycles. The van der Waals surface area contributed by atoms with E-state index < -0.39 is 0 Å². The Kier molecular flexibility index (Phi) is 2.22.